The number of methoxy groups -OCH3 is 1. The summed E-state index contributed by atoms with van der Waals surface area (Å²) < 4.78 is 4.98. The second-order valence-corrected chi connectivity index (χ2v) is 3.78. The van der Waals surface area contributed by atoms with E-state index >= 15 is 0 Å². The minimum atomic E-state index is -0.272. The van der Waals surface area contributed by atoms with E-state index in [4.69, 9.17) is 10.5 Å². The fourth-order valence-electron chi connectivity index (χ4n) is 1.73. The smallest absolute Gasteiger partial charge is 0.196 e. The highest BCUT2D eigenvalue weighted by molar-refractivity contribution is 6.11. The summed E-state index contributed by atoms with van der Waals surface area (Å²) >= 11 is 0. The Morgan fingerprint density at radius 1 is 1.17 bits per heavy atom. The Morgan fingerprint density at radius 2 is 1.83 bits per heavy atom. The monoisotopic (exact) mass is 243 g/mol. The average Bonchev–Trinajstić information content (AvgIpc) is 2.40. The average molecular weight is 243 g/mol. The molecule has 0 amide bonds. The molecule has 2 rings (SSSR count). The summed E-state index contributed by atoms with van der Waals surface area (Å²) in [7, 11) is 1.39. The number of rotatable bonds is 3. The third-order valence-electron chi connectivity index (χ3n) is 2.65. The van der Waals surface area contributed by atoms with Gasteiger partial charge in [0.05, 0.1) is 18.4 Å². The Morgan fingerprint density at radius 3 is 2.44 bits per heavy atom. The highest BCUT2D eigenvalue weighted by atomic mass is 16.5. The molecule has 0 heterocycles. The van der Waals surface area contributed by atoms with Gasteiger partial charge in [-0.1, -0.05) is 30.3 Å². The van der Waals surface area contributed by atoms with Gasteiger partial charge in [0.1, 0.15) is 0 Å². The van der Waals surface area contributed by atoms with E-state index in [0.29, 0.717) is 11.3 Å². The van der Waals surface area contributed by atoms with E-state index in [-0.39, 0.29) is 22.8 Å². The normalized spacial score (nSPS) is 10.1. The number of carbonyl (C=O) groups is 1. The number of ether oxygens (including phenoxy) is 1. The van der Waals surface area contributed by atoms with Crippen molar-refractivity contribution in [3.8, 4) is 11.5 Å². The molecular weight excluding hydrogens is 230 g/mol. The second kappa shape index (κ2) is 4.79. The van der Waals surface area contributed by atoms with E-state index in [1.807, 2.05) is 6.07 Å². The summed E-state index contributed by atoms with van der Waals surface area (Å²) in [5.74, 6) is -0.380. The predicted octanol–water partition coefficient (Wildman–Crippen LogP) is 2.21. The van der Waals surface area contributed by atoms with Crippen LogP contribution in [0.2, 0.25) is 0 Å². The summed E-state index contributed by atoms with van der Waals surface area (Å²) in [5, 5.41) is 9.98. The van der Waals surface area contributed by atoms with Crippen LogP contribution in [0.25, 0.3) is 0 Å². The predicted molar refractivity (Wildman–Crippen MR) is 68.9 cm³/mol. The number of anilines is 1. The molecule has 0 radical (unpaired) electrons. The van der Waals surface area contributed by atoms with Crippen LogP contribution in [0.1, 0.15) is 15.9 Å². The molecule has 0 unspecified atom stereocenters. The number of phenolic OH excluding ortho intramolecular Hbond substituents is 1. The molecule has 0 spiro atoms. The van der Waals surface area contributed by atoms with Crippen LogP contribution in [0.5, 0.6) is 11.5 Å². The first-order valence-electron chi connectivity index (χ1n) is 5.40. The lowest BCUT2D eigenvalue weighted by molar-refractivity contribution is 0.103. The van der Waals surface area contributed by atoms with Crippen LogP contribution in [0.3, 0.4) is 0 Å². The molecule has 0 saturated carbocycles. The number of benzene rings is 2. The molecule has 4 heteroatoms. The van der Waals surface area contributed by atoms with E-state index in [9.17, 15) is 9.90 Å². The molecule has 18 heavy (non-hydrogen) atoms. The molecule has 0 aliphatic carbocycles. The number of phenols is 1. The van der Waals surface area contributed by atoms with Crippen molar-refractivity contribution in [2.45, 2.75) is 0 Å². The first-order chi connectivity index (χ1) is 8.65. The van der Waals surface area contributed by atoms with Crippen molar-refractivity contribution in [3.05, 3.63) is 53.6 Å². The Labute approximate surface area is 105 Å². The van der Waals surface area contributed by atoms with Crippen molar-refractivity contribution in [2.75, 3.05) is 12.8 Å². The number of carbonyl (C=O) groups excluding carboxylic acids is 1. The molecule has 0 aliphatic rings. The van der Waals surface area contributed by atoms with Gasteiger partial charge in [0.15, 0.2) is 17.3 Å². The van der Waals surface area contributed by atoms with Gasteiger partial charge in [-0.15, -0.1) is 0 Å². The standard InChI is InChI=1S/C14H13NO3/c1-18-14-11(15)8-7-10(13(14)17)12(16)9-5-3-2-4-6-9/h2-8,17H,15H2,1H3. The number of nitrogens with two attached hydrogens (primary N) is 1. The lowest BCUT2D eigenvalue weighted by Crippen LogP contribution is -2.03. The molecule has 0 aromatic heterocycles. The van der Waals surface area contributed by atoms with Crippen LogP contribution in [0, 0.1) is 0 Å². The van der Waals surface area contributed by atoms with Crippen molar-refractivity contribution in [2.24, 2.45) is 0 Å². The summed E-state index contributed by atoms with van der Waals surface area (Å²) in [6.07, 6.45) is 0. The summed E-state index contributed by atoms with van der Waals surface area (Å²) in [4.78, 5) is 12.2. The quantitative estimate of drug-likeness (QED) is 0.640. The molecule has 4 nitrogen and oxygen atoms in total. The van der Waals surface area contributed by atoms with E-state index in [1.54, 1.807) is 24.3 Å². The maximum Gasteiger partial charge on any atom is 0.196 e. The number of aromatic hydroxyl groups is 1. The first-order valence-corrected chi connectivity index (χ1v) is 5.40. The van der Waals surface area contributed by atoms with Crippen molar-refractivity contribution >= 4 is 11.5 Å². The van der Waals surface area contributed by atoms with Gasteiger partial charge in [-0.3, -0.25) is 4.79 Å². The zero-order valence-corrected chi connectivity index (χ0v) is 9.88. The van der Waals surface area contributed by atoms with Crippen LogP contribution in [0.15, 0.2) is 42.5 Å². The SMILES string of the molecule is COc1c(N)ccc(C(=O)c2ccccc2)c1O. The molecule has 2 aromatic carbocycles. The van der Waals surface area contributed by atoms with Crippen molar-refractivity contribution in [3.63, 3.8) is 0 Å². The molecule has 0 saturated heterocycles. The Kier molecular flexibility index (Phi) is 3.19. The summed E-state index contributed by atoms with van der Waals surface area (Å²) in [6.45, 7) is 0. The third-order valence-corrected chi connectivity index (χ3v) is 2.65. The molecule has 0 aliphatic heterocycles. The van der Waals surface area contributed by atoms with Gasteiger partial charge in [-0.25, -0.2) is 0 Å². The summed E-state index contributed by atoms with van der Waals surface area (Å²) in [6, 6.07) is 11.7. The van der Waals surface area contributed by atoms with Gasteiger partial charge < -0.3 is 15.6 Å². The Hall–Kier alpha value is -2.49. The zero-order chi connectivity index (χ0) is 13.1. The molecule has 0 fully saturated rings. The topological polar surface area (TPSA) is 72.5 Å². The van der Waals surface area contributed by atoms with E-state index < -0.39 is 0 Å². The van der Waals surface area contributed by atoms with Gasteiger partial charge in [0.2, 0.25) is 0 Å². The van der Waals surface area contributed by atoms with Crippen LogP contribution in [-0.2, 0) is 0 Å². The van der Waals surface area contributed by atoms with Gasteiger partial charge in [0, 0.05) is 5.56 Å². The molecule has 92 valence electrons. The van der Waals surface area contributed by atoms with E-state index in [0.717, 1.165) is 0 Å². The molecule has 0 atom stereocenters. The minimum Gasteiger partial charge on any atom is -0.504 e. The fourth-order valence-corrected chi connectivity index (χ4v) is 1.73. The maximum absolute atomic E-state index is 12.2. The molecule has 2 aromatic rings. The van der Waals surface area contributed by atoms with Crippen LogP contribution >= 0.6 is 0 Å². The minimum absolute atomic E-state index is 0.122. The first kappa shape index (κ1) is 12.0. The highest BCUT2D eigenvalue weighted by Crippen LogP contribution is 2.36. The van der Waals surface area contributed by atoms with Crippen molar-refractivity contribution in [1.82, 2.24) is 0 Å². The number of hydrogen-bond acceptors (Lipinski definition) is 4. The molecular formula is C14H13NO3. The van der Waals surface area contributed by atoms with Crippen LogP contribution in [0.4, 0.5) is 5.69 Å². The van der Waals surface area contributed by atoms with Crippen LogP contribution < -0.4 is 10.5 Å². The van der Waals surface area contributed by atoms with E-state index in [2.05, 4.69) is 0 Å². The number of nitrogen functional groups attached to an aromatic ring is 1. The van der Waals surface area contributed by atoms with Gasteiger partial charge >= 0.3 is 0 Å². The number of ketones is 1. The van der Waals surface area contributed by atoms with Crippen molar-refractivity contribution in [1.29, 1.82) is 0 Å². The van der Waals surface area contributed by atoms with Crippen molar-refractivity contribution < 1.29 is 14.6 Å². The molecule has 0 bridgehead atoms. The second-order valence-electron chi connectivity index (χ2n) is 3.78. The highest BCUT2D eigenvalue weighted by Gasteiger charge is 2.18. The maximum atomic E-state index is 12.2. The summed E-state index contributed by atoms with van der Waals surface area (Å²) in [5.41, 5.74) is 6.61. The van der Waals surface area contributed by atoms with Crippen LogP contribution in [-0.4, -0.2) is 18.0 Å². The fraction of sp³-hybridized carbons (Fsp3) is 0.0714. The Balaban J connectivity index is 2.50. The zero-order valence-electron chi connectivity index (χ0n) is 9.88. The van der Waals surface area contributed by atoms with Gasteiger partial charge in [0.25, 0.3) is 0 Å². The Bertz CT molecular complexity index is 579. The number of hydrogen-bond donors (Lipinski definition) is 2. The lowest BCUT2D eigenvalue weighted by Gasteiger charge is -2.10. The van der Waals surface area contributed by atoms with Gasteiger partial charge in [-0.2, -0.15) is 0 Å². The third kappa shape index (κ3) is 2.00. The molecule has 3 N–H and O–H groups in total. The lowest BCUT2D eigenvalue weighted by atomic mass is 10.0. The van der Waals surface area contributed by atoms with E-state index in [1.165, 1.54) is 19.2 Å². The largest absolute Gasteiger partial charge is 0.504 e. The van der Waals surface area contributed by atoms with Gasteiger partial charge in [-0.05, 0) is 12.1 Å².